The van der Waals surface area contributed by atoms with Gasteiger partial charge in [-0.2, -0.15) is 4.31 Å². The lowest BCUT2D eigenvalue weighted by atomic mass is 9.97. The number of amides is 2. The molecule has 0 unspecified atom stereocenters. The molecule has 1 aromatic carbocycles. The van der Waals surface area contributed by atoms with Crippen LogP contribution in [0.15, 0.2) is 29.2 Å². The van der Waals surface area contributed by atoms with Gasteiger partial charge in [-0.15, -0.1) is 0 Å². The fourth-order valence-electron chi connectivity index (χ4n) is 3.48. The van der Waals surface area contributed by atoms with Crippen molar-refractivity contribution in [3.63, 3.8) is 0 Å². The average molecular weight is 383 g/mol. The molecule has 1 N–H and O–H groups in total. The molecule has 0 aromatic heterocycles. The number of sulfonamides is 1. The molecular formula is C17H22FN3O4S. The largest absolute Gasteiger partial charge is 0.352 e. The third kappa shape index (κ3) is 3.09. The van der Waals surface area contributed by atoms with Gasteiger partial charge in [-0.25, -0.2) is 12.8 Å². The SMILES string of the molecule is CC1(C)C(=O)NCCN1C(=O)[C@H]1CCCN1S(=O)(=O)c1ccc(F)cc1. The van der Waals surface area contributed by atoms with Gasteiger partial charge in [0.1, 0.15) is 17.4 Å². The monoisotopic (exact) mass is 383 g/mol. The molecule has 0 spiro atoms. The molecule has 2 saturated heterocycles. The summed E-state index contributed by atoms with van der Waals surface area (Å²) in [6.45, 7) is 4.18. The van der Waals surface area contributed by atoms with E-state index in [0.29, 0.717) is 25.9 Å². The van der Waals surface area contributed by atoms with E-state index in [9.17, 15) is 22.4 Å². The quantitative estimate of drug-likeness (QED) is 0.833. The van der Waals surface area contributed by atoms with E-state index in [1.54, 1.807) is 13.8 Å². The molecule has 3 rings (SSSR count). The summed E-state index contributed by atoms with van der Waals surface area (Å²) in [5.74, 6) is -1.16. The van der Waals surface area contributed by atoms with E-state index >= 15 is 0 Å². The maximum atomic E-state index is 13.1. The first-order chi connectivity index (χ1) is 12.2. The van der Waals surface area contributed by atoms with Crippen LogP contribution >= 0.6 is 0 Å². The van der Waals surface area contributed by atoms with Crippen molar-refractivity contribution in [2.45, 2.75) is 43.2 Å². The van der Waals surface area contributed by atoms with Gasteiger partial charge in [0.15, 0.2) is 0 Å². The number of piperazine rings is 1. The second kappa shape index (κ2) is 6.62. The number of nitrogens with zero attached hydrogens (tertiary/aromatic N) is 2. The Bertz CT molecular complexity index is 823. The smallest absolute Gasteiger partial charge is 0.245 e. The number of rotatable bonds is 3. The number of carbonyl (C=O) groups is 2. The highest BCUT2D eigenvalue weighted by Gasteiger charge is 2.47. The lowest BCUT2D eigenvalue weighted by Gasteiger charge is -2.43. The molecule has 1 atom stereocenters. The van der Waals surface area contributed by atoms with E-state index in [1.165, 1.54) is 21.3 Å². The summed E-state index contributed by atoms with van der Waals surface area (Å²) in [6.07, 6.45) is 0.949. The Morgan fingerprint density at radius 1 is 1.23 bits per heavy atom. The van der Waals surface area contributed by atoms with Gasteiger partial charge in [-0.1, -0.05) is 0 Å². The van der Waals surface area contributed by atoms with Crippen molar-refractivity contribution >= 4 is 21.8 Å². The number of nitrogens with one attached hydrogen (secondary N) is 1. The summed E-state index contributed by atoms with van der Waals surface area (Å²) >= 11 is 0. The summed E-state index contributed by atoms with van der Waals surface area (Å²) < 4.78 is 40.1. The standard InChI is InChI=1S/C17H22FN3O4S/c1-17(2)16(23)19-9-11-20(17)15(22)14-4-3-10-21(14)26(24,25)13-7-5-12(18)6-8-13/h5-8,14H,3-4,9-11H2,1-2H3,(H,19,23)/t14-/m1/s1. The molecule has 0 aliphatic carbocycles. The van der Waals surface area contributed by atoms with Crippen molar-refractivity contribution in [2.24, 2.45) is 0 Å². The van der Waals surface area contributed by atoms with E-state index in [0.717, 1.165) is 12.1 Å². The molecule has 1 aromatic rings. The van der Waals surface area contributed by atoms with Crippen LogP contribution in [-0.2, 0) is 19.6 Å². The van der Waals surface area contributed by atoms with E-state index in [1.807, 2.05) is 0 Å². The highest BCUT2D eigenvalue weighted by atomic mass is 32.2. The van der Waals surface area contributed by atoms with Gasteiger partial charge in [0, 0.05) is 19.6 Å². The van der Waals surface area contributed by atoms with Crippen LogP contribution in [0.3, 0.4) is 0 Å². The normalized spacial score (nSPS) is 23.7. The molecule has 0 saturated carbocycles. The molecule has 26 heavy (non-hydrogen) atoms. The molecule has 7 nitrogen and oxygen atoms in total. The lowest BCUT2D eigenvalue weighted by Crippen LogP contribution is -2.65. The minimum atomic E-state index is -3.92. The molecule has 2 aliphatic rings. The van der Waals surface area contributed by atoms with Crippen molar-refractivity contribution < 1.29 is 22.4 Å². The van der Waals surface area contributed by atoms with Gasteiger partial charge in [0.05, 0.1) is 4.90 Å². The van der Waals surface area contributed by atoms with Gasteiger partial charge < -0.3 is 10.2 Å². The summed E-state index contributed by atoms with van der Waals surface area (Å²) in [5, 5.41) is 2.72. The Morgan fingerprint density at radius 3 is 2.54 bits per heavy atom. The maximum Gasteiger partial charge on any atom is 0.245 e. The Kier molecular flexibility index (Phi) is 4.78. The van der Waals surface area contributed by atoms with Crippen molar-refractivity contribution in [1.29, 1.82) is 0 Å². The van der Waals surface area contributed by atoms with Crippen LogP contribution in [0.1, 0.15) is 26.7 Å². The molecule has 2 aliphatic heterocycles. The number of hydrogen-bond donors (Lipinski definition) is 1. The van der Waals surface area contributed by atoms with Crippen LogP contribution in [-0.4, -0.2) is 60.7 Å². The second-order valence-electron chi connectivity index (χ2n) is 7.03. The molecule has 142 valence electrons. The van der Waals surface area contributed by atoms with Gasteiger partial charge in [-0.3, -0.25) is 9.59 Å². The minimum absolute atomic E-state index is 0.0470. The number of hydrogen-bond acceptors (Lipinski definition) is 4. The first-order valence-electron chi connectivity index (χ1n) is 8.53. The predicted octanol–water partition coefficient (Wildman–Crippen LogP) is 0.716. The van der Waals surface area contributed by atoms with Crippen molar-refractivity contribution in [3.8, 4) is 0 Å². The fourth-order valence-corrected chi connectivity index (χ4v) is 5.13. The van der Waals surface area contributed by atoms with Gasteiger partial charge in [0.25, 0.3) is 0 Å². The Labute approximate surface area is 152 Å². The summed E-state index contributed by atoms with van der Waals surface area (Å²) in [4.78, 5) is 26.6. The van der Waals surface area contributed by atoms with E-state index in [2.05, 4.69) is 5.32 Å². The van der Waals surface area contributed by atoms with Crippen molar-refractivity contribution in [3.05, 3.63) is 30.1 Å². The predicted molar refractivity (Wildman–Crippen MR) is 92.1 cm³/mol. The second-order valence-corrected chi connectivity index (χ2v) is 8.92. The van der Waals surface area contributed by atoms with Gasteiger partial charge >= 0.3 is 0 Å². The van der Waals surface area contributed by atoms with Crippen LogP contribution < -0.4 is 5.32 Å². The molecule has 2 heterocycles. The zero-order valence-electron chi connectivity index (χ0n) is 14.7. The zero-order chi connectivity index (χ0) is 19.1. The fraction of sp³-hybridized carbons (Fsp3) is 0.529. The van der Waals surface area contributed by atoms with Crippen LogP contribution in [0.5, 0.6) is 0 Å². The molecule has 9 heteroatoms. The highest BCUT2D eigenvalue weighted by Crippen LogP contribution is 2.30. The van der Waals surface area contributed by atoms with Crippen LogP contribution in [0.2, 0.25) is 0 Å². The third-order valence-corrected chi connectivity index (χ3v) is 6.95. The number of carbonyl (C=O) groups excluding carboxylic acids is 2. The molecule has 0 bridgehead atoms. The number of halogens is 1. The summed E-state index contributed by atoms with van der Waals surface area (Å²) in [5.41, 5.74) is -1.04. The highest BCUT2D eigenvalue weighted by molar-refractivity contribution is 7.89. The van der Waals surface area contributed by atoms with Crippen molar-refractivity contribution in [1.82, 2.24) is 14.5 Å². The van der Waals surface area contributed by atoms with Gasteiger partial charge in [-0.05, 0) is 51.0 Å². The summed E-state index contributed by atoms with van der Waals surface area (Å²) in [7, 11) is -3.92. The maximum absolute atomic E-state index is 13.1. The first kappa shape index (κ1) is 18.8. The van der Waals surface area contributed by atoms with Crippen LogP contribution in [0.4, 0.5) is 4.39 Å². The molecule has 0 radical (unpaired) electrons. The molecule has 2 amide bonds. The first-order valence-corrected chi connectivity index (χ1v) is 9.97. The average Bonchev–Trinajstić information content (AvgIpc) is 3.08. The lowest BCUT2D eigenvalue weighted by molar-refractivity contribution is -0.151. The van der Waals surface area contributed by atoms with Crippen molar-refractivity contribution in [2.75, 3.05) is 19.6 Å². The van der Waals surface area contributed by atoms with E-state index in [-0.39, 0.29) is 23.3 Å². The van der Waals surface area contributed by atoms with Gasteiger partial charge in [0.2, 0.25) is 21.8 Å². The Morgan fingerprint density at radius 2 is 1.88 bits per heavy atom. The third-order valence-electron chi connectivity index (χ3n) is 5.03. The Balaban J connectivity index is 1.89. The van der Waals surface area contributed by atoms with E-state index < -0.39 is 27.4 Å². The molecular weight excluding hydrogens is 361 g/mol. The Hall–Kier alpha value is -2.00. The van der Waals surface area contributed by atoms with E-state index in [4.69, 9.17) is 0 Å². The zero-order valence-corrected chi connectivity index (χ0v) is 15.6. The van der Waals surface area contributed by atoms with Crippen LogP contribution in [0, 0.1) is 5.82 Å². The topological polar surface area (TPSA) is 86.8 Å². The van der Waals surface area contributed by atoms with Crippen LogP contribution in [0.25, 0.3) is 0 Å². The molecule has 2 fully saturated rings. The summed E-state index contributed by atoms with van der Waals surface area (Å²) in [6, 6.07) is 3.71. The number of benzene rings is 1. The minimum Gasteiger partial charge on any atom is -0.352 e.